The maximum atomic E-state index is 5.22. The second-order valence-corrected chi connectivity index (χ2v) is 12.9. The van der Waals surface area contributed by atoms with E-state index in [4.69, 9.17) is 9.97 Å². The topological polar surface area (TPSA) is 38.7 Å². The van der Waals surface area contributed by atoms with Crippen LogP contribution in [-0.4, -0.2) is 15.0 Å². The molecule has 0 aliphatic heterocycles. The van der Waals surface area contributed by atoms with Crippen LogP contribution in [0.1, 0.15) is 25.0 Å². The second-order valence-electron chi connectivity index (χ2n) is 12.9. The molecule has 0 bridgehead atoms. The van der Waals surface area contributed by atoms with Crippen LogP contribution in [0.2, 0.25) is 0 Å². The molecule has 1 aliphatic carbocycles. The maximum Gasteiger partial charge on any atom is 0.160 e. The standard InChI is InChI=1S/C44H31N3/c1-44(2)39-20-9-8-16-34(39)38-24-29-21-22-33-32(37(29)25-40(38)44)18-10-19-36(33)42-26-41(46-43(47-42)28-12-4-3-5-13-28)35-17-7-6-15-31(35)30-14-11-23-45-27-30/h3-27H,1-2H3. The molecule has 6 aromatic carbocycles. The number of nitrogens with zero attached hydrogens (tertiary/aromatic N) is 3. The van der Waals surface area contributed by atoms with Gasteiger partial charge < -0.3 is 0 Å². The third kappa shape index (κ3) is 4.39. The summed E-state index contributed by atoms with van der Waals surface area (Å²) in [5, 5.41) is 4.92. The quantitative estimate of drug-likeness (QED) is 0.188. The van der Waals surface area contributed by atoms with Crippen LogP contribution in [0.5, 0.6) is 0 Å². The normalized spacial score (nSPS) is 13.1. The van der Waals surface area contributed by atoms with E-state index in [1.54, 1.807) is 6.20 Å². The smallest absolute Gasteiger partial charge is 0.160 e. The Bertz CT molecular complexity index is 2480. The van der Waals surface area contributed by atoms with Gasteiger partial charge in [-0.3, -0.25) is 4.98 Å². The number of fused-ring (bicyclic) bond motifs is 6. The van der Waals surface area contributed by atoms with Crippen LogP contribution in [0.3, 0.4) is 0 Å². The molecular weight excluding hydrogens is 571 g/mol. The number of benzene rings is 6. The van der Waals surface area contributed by atoms with Crippen LogP contribution in [-0.2, 0) is 5.41 Å². The summed E-state index contributed by atoms with van der Waals surface area (Å²) in [6.45, 7) is 4.69. The third-order valence-corrected chi connectivity index (χ3v) is 9.79. The highest BCUT2D eigenvalue weighted by molar-refractivity contribution is 6.13. The average Bonchev–Trinajstić information content (AvgIpc) is 3.36. The van der Waals surface area contributed by atoms with Gasteiger partial charge in [-0.1, -0.05) is 129 Å². The highest BCUT2D eigenvalue weighted by atomic mass is 14.9. The van der Waals surface area contributed by atoms with Crippen molar-refractivity contribution in [1.29, 1.82) is 0 Å². The van der Waals surface area contributed by atoms with Crippen molar-refractivity contribution in [1.82, 2.24) is 15.0 Å². The molecule has 0 atom stereocenters. The van der Waals surface area contributed by atoms with Gasteiger partial charge in [0.05, 0.1) is 11.4 Å². The van der Waals surface area contributed by atoms with Gasteiger partial charge in [-0.05, 0) is 73.6 Å². The summed E-state index contributed by atoms with van der Waals surface area (Å²) < 4.78 is 0. The lowest BCUT2D eigenvalue weighted by atomic mass is 9.81. The predicted molar refractivity (Wildman–Crippen MR) is 194 cm³/mol. The van der Waals surface area contributed by atoms with Gasteiger partial charge in [0, 0.05) is 40.1 Å². The Morgan fingerprint density at radius 2 is 1.15 bits per heavy atom. The minimum absolute atomic E-state index is 0.0618. The summed E-state index contributed by atoms with van der Waals surface area (Å²) >= 11 is 0. The van der Waals surface area contributed by atoms with E-state index in [1.165, 1.54) is 43.8 Å². The van der Waals surface area contributed by atoms with Crippen molar-refractivity contribution in [2.75, 3.05) is 0 Å². The highest BCUT2D eigenvalue weighted by Gasteiger charge is 2.35. The maximum absolute atomic E-state index is 5.22. The van der Waals surface area contributed by atoms with Crippen molar-refractivity contribution < 1.29 is 0 Å². The van der Waals surface area contributed by atoms with Gasteiger partial charge >= 0.3 is 0 Å². The van der Waals surface area contributed by atoms with Crippen LogP contribution >= 0.6 is 0 Å². The fourth-order valence-corrected chi connectivity index (χ4v) is 7.43. The summed E-state index contributed by atoms with van der Waals surface area (Å²) in [5.41, 5.74) is 12.4. The molecule has 222 valence electrons. The van der Waals surface area contributed by atoms with E-state index < -0.39 is 0 Å². The fourth-order valence-electron chi connectivity index (χ4n) is 7.43. The first-order chi connectivity index (χ1) is 23.1. The molecule has 0 N–H and O–H groups in total. The average molecular weight is 602 g/mol. The monoisotopic (exact) mass is 601 g/mol. The minimum Gasteiger partial charge on any atom is -0.264 e. The van der Waals surface area contributed by atoms with E-state index in [0.29, 0.717) is 5.82 Å². The van der Waals surface area contributed by atoms with Crippen molar-refractivity contribution in [3.8, 4) is 56.2 Å². The summed E-state index contributed by atoms with van der Waals surface area (Å²) in [6, 6.07) is 49.7. The van der Waals surface area contributed by atoms with E-state index in [2.05, 4.69) is 134 Å². The molecule has 1 aliphatic rings. The van der Waals surface area contributed by atoms with Gasteiger partial charge in [0.2, 0.25) is 0 Å². The molecule has 0 spiro atoms. The summed E-state index contributed by atoms with van der Waals surface area (Å²) in [6.07, 6.45) is 3.71. The van der Waals surface area contributed by atoms with E-state index in [-0.39, 0.29) is 5.41 Å². The molecule has 2 aromatic heterocycles. The SMILES string of the molecule is CC1(C)c2ccccc2-c2cc3ccc4c(-c5cc(-c6ccccc6-c6cccnc6)nc(-c6ccccc6)n5)cccc4c3cc21. The van der Waals surface area contributed by atoms with Crippen LogP contribution in [0.4, 0.5) is 0 Å². The number of hydrogen-bond acceptors (Lipinski definition) is 3. The zero-order valence-electron chi connectivity index (χ0n) is 26.3. The lowest BCUT2D eigenvalue weighted by Gasteiger charge is -2.22. The molecule has 0 fully saturated rings. The first-order valence-corrected chi connectivity index (χ1v) is 16.1. The zero-order valence-corrected chi connectivity index (χ0v) is 26.3. The molecular formula is C44H31N3. The Morgan fingerprint density at radius 3 is 1.96 bits per heavy atom. The van der Waals surface area contributed by atoms with Gasteiger partial charge in [-0.15, -0.1) is 0 Å². The first-order valence-electron chi connectivity index (χ1n) is 16.1. The van der Waals surface area contributed by atoms with Crippen LogP contribution in [0.15, 0.2) is 152 Å². The number of aromatic nitrogens is 3. The molecule has 2 heterocycles. The van der Waals surface area contributed by atoms with E-state index >= 15 is 0 Å². The third-order valence-electron chi connectivity index (χ3n) is 9.79. The molecule has 47 heavy (non-hydrogen) atoms. The summed E-state index contributed by atoms with van der Waals surface area (Å²) in [7, 11) is 0. The van der Waals surface area contributed by atoms with Crippen LogP contribution in [0.25, 0.3) is 77.7 Å². The Kier molecular flexibility index (Phi) is 6.16. The van der Waals surface area contributed by atoms with E-state index in [0.717, 1.165) is 39.2 Å². The van der Waals surface area contributed by atoms with Crippen molar-refractivity contribution in [2.24, 2.45) is 0 Å². The predicted octanol–water partition coefficient (Wildman–Crippen LogP) is 11.2. The Hall–Kier alpha value is -5.93. The second kappa shape index (κ2) is 10.6. The molecule has 8 aromatic rings. The first kappa shape index (κ1) is 27.4. The number of rotatable bonds is 4. The molecule has 0 amide bonds. The van der Waals surface area contributed by atoms with E-state index in [9.17, 15) is 0 Å². The molecule has 3 nitrogen and oxygen atoms in total. The summed E-state index contributed by atoms with van der Waals surface area (Å²) in [4.78, 5) is 14.8. The molecule has 9 rings (SSSR count). The fraction of sp³-hybridized carbons (Fsp3) is 0.0682. The summed E-state index contributed by atoms with van der Waals surface area (Å²) in [5.74, 6) is 0.703. The van der Waals surface area contributed by atoms with Gasteiger partial charge in [-0.2, -0.15) is 0 Å². The molecule has 0 radical (unpaired) electrons. The van der Waals surface area contributed by atoms with Gasteiger partial charge in [0.25, 0.3) is 0 Å². The number of pyridine rings is 1. The largest absolute Gasteiger partial charge is 0.264 e. The van der Waals surface area contributed by atoms with Crippen LogP contribution < -0.4 is 0 Å². The van der Waals surface area contributed by atoms with Crippen LogP contribution in [0, 0.1) is 0 Å². The zero-order chi connectivity index (χ0) is 31.5. The molecule has 0 unspecified atom stereocenters. The van der Waals surface area contributed by atoms with Gasteiger partial charge in [-0.25, -0.2) is 9.97 Å². The highest BCUT2D eigenvalue weighted by Crippen LogP contribution is 2.50. The van der Waals surface area contributed by atoms with Gasteiger partial charge in [0.15, 0.2) is 5.82 Å². The lowest BCUT2D eigenvalue weighted by Crippen LogP contribution is -2.14. The Morgan fingerprint density at radius 1 is 0.447 bits per heavy atom. The Balaban J connectivity index is 1.27. The van der Waals surface area contributed by atoms with E-state index in [1.807, 2.05) is 30.5 Å². The minimum atomic E-state index is -0.0618. The van der Waals surface area contributed by atoms with Crippen molar-refractivity contribution in [3.63, 3.8) is 0 Å². The van der Waals surface area contributed by atoms with Crippen molar-refractivity contribution in [3.05, 3.63) is 163 Å². The van der Waals surface area contributed by atoms with Crippen molar-refractivity contribution in [2.45, 2.75) is 19.3 Å². The van der Waals surface area contributed by atoms with Crippen molar-refractivity contribution >= 4 is 21.5 Å². The molecule has 3 heteroatoms. The number of hydrogen-bond donors (Lipinski definition) is 0. The molecule has 0 saturated carbocycles. The molecule has 0 saturated heterocycles. The van der Waals surface area contributed by atoms with Gasteiger partial charge in [0.1, 0.15) is 0 Å². The lowest BCUT2D eigenvalue weighted by molar-refractivity contribution is 0.661. The Labute approximate surface area is 274 Å².